The molecule has 1 saturated heterocycles. The number of anilines is 1. The summed E-state index contributed by atoms with van der Waals surface area (Å²) in [6.45, 7) is 6.92. The number of rotatable bonds is 7. The van der Waals surface area contributed by atoms with E-state index in [9.17, 15) is 9.59 Å². The Morgan fingerprint density at radius 1 is 1.05 bits per heavy atom. The number of aromatic nitrogens is 4. The standard InChI is InChI=1S/C31H33N7O2/c1-21-17-37(11-10-36(21)2)18-23-8-9-28-24(12-23)13-29(35-28)27-14-26(16-32-31(27)40)34-30(39)25-15-33-38(20-25)19-22-6-4-3-5-7-22/h3-9,12-16,20-21,35H,10-11,17-19H2,1-2H3,(H,32,40)(H,34,39). The molecular formula is C31H33N7O2. The topological polar surface area (TPSA) is 102 Å². The highest BCUT2D eigenvalue weighted by molar-refractivity contribution is 6.04. The molecule has 3 N–H and O–H groups in total. The van der Waals surface area contributed by atoms with E-state index in [0.717, 1.165) is 42.6 Å². The van der Waals surface area contributed by atoms with Gasteiger partial charge in [-0.25, -0.2) is 0 Å². The SMILES string of the molecule is CC1CN(Cc2ccc3[nH]c(-c4cc(NC(=O)c5cnn(Cc6ccccc6)c5)c[nH]c4=O)cc3c2)CCN1C. The Bertz CT molecular complexity index is 1700. The molecule has 1 aliphatic rings. The van der Waals surface area contributed by atoms with Gasteiger partial charge in [0.05, 0.1) is 35.2 Å². The van der Waals surface area contributed by atoms with E-state index in [2.05, 4.69) is 62.4 Å². The van der Waals surface area contributed by atoms with Crippen LogP contribution in [0.1, 0.15) is 28.4 Å². The van der Waals surface area contributed by atoms with Crippen molar-refractivity contribution in [1.29, 1.82) is 0 Å². The molecule has 3 aromatic heterocycles. The average molecular weight is 536 g/mol. The fourth-order valence-corrected chi connectivity index (χ4v) is 5.25. The smallest absolute Gasteiger partial charge is 0.258 e. The van der Waals surface area contributed by atoms with Gasteiger partial charge in [0.15, 0.2) is 0 Å². The van der Waals surface area contributed by atoms with Gasteiger partial charge in [0, 0.05) is 55.5 Å². The van der Waals surface area contributed by atoms with E-state index in [-0.39, 0.29) is 11.5 Å². The summed E-state index contributed by atoms with van der Waals surface area (Å²) < 4.78 is 1.73. The van der Waals surface area contributed by atoms with Crippen LogP contribution >= 0.6 is 0 Å². The number of nitrogens with zero attached hydrogens (tertiary/aromatic N) is 4. The minimum atomic E-state index is -0.295. The normalized spacial score (nSPS) is 16.4. The van der Waals surface area contributed by atoms with Gasteiger partial charge in [0.1, 0.15) is 0 Å². The maximum Gasteiger partial charge on any atom is 0.258 e. The molecule has 1 atom stereocenters. The average Bonchev–Trinajstić information content (AvgIpc) is 3.59. The predicted molar refractivity (Wildman–Crippen MR) is 157 cm³/mol. The monoisotopic (exact) mass is 535 g/mol. The highest BCUT2D eigenvalue weighted by Crippen LogP contribution is 2.25. The van der Waals surface area contributed by atoms with Gasteiger partial charge in [-0.3, -0.25) is 19.2 Å². The quantitative estimate of drug-likeness (QED) is 0.291. The van der Waals surface area contributed by atoms with Crippen molar-refractivity contribution in [2.24, 2.45) is 0 Å². The first-order chi connectivity index (χ1) is 19.4. The summed E-state index contributed by atoms with van der Waals surface area (Å²) in [5, 5.41) is 8.25. The number of hydrogen-bond acceptors (Lipinski definition) is 5. The fraction of sp³-hybridized carbons (Fsp3) is 0.258. The minimum Gasteiger partial charge on any atom is -0.354 e. The van der Waals surface area contributed by atoms with Crippen LogP contribution in [0.5, 0.6) is 0 Å². The number of carbonyl (C=O) groups is 1. The summed E-state index contributed by atoms with van der Waals surface area (Å²) in [5.74, 6) is -0.295. The molecule has 0 spiro atoms. The molecule has 40 heavy (non-hydrogen) atoms. The lowest BCUT2D eigenvalue weighted by Crippen LogP contribution is -2.49. The first-order valence-corrected chi connectivity index (χ1v) is 13.6. The van der Waals surface area contributed by atoms with Gasteiger partial charge in [-0.2, -0.15) is 5.10 Å². The first-order valence-electron chi connectivity index (χ1n) is 13.6. The Morgan fingerprint density at radius 3 is 2.73 bits per heavy atom. The van der Waals surface area contributed by atoms with E-state index in [0.29, 0.717) is 35.1 Å². The second-order valence-corrected chi connectivity index (χ2v) is 10.7. The van der Waals surface area contributed by atoms with Crippen LogP contribution in [-0.2, 0) is 13.1 Å². The highest BCUT2D eigenvalue weighted by Gasteiger charge is 2.20. The van der Waals surface area contributed by atoms with Crippen LogP contribution in [0.25, 0.3) is 22.2 Å². The van der Waals surface area contributed by atoms with Crippen LogP contribution in [0.4, 0.5) is 5.69 Å². The lowest BCUT2D eigenvalue weighted by atomic mass is 10.1. The van der Waals surface area contributed by atoms with Crippen molar-refractivity contribution in [3.8, 4) is 11.3 Å². The van der Waals surface area contributed by atoms with Crippen molar-refractivity contribution in [3.05, 3.63) is 106 Å². The van der Waals surface area contributed by atoms with Crippen molar-refractivity contribution in [3.63, 3.8) is 0 Å². The van der Waals surface area contributed by atoms with Crippen molar-refractivity contribution >= 4 is 22.5 Å². The number of aromatic amines is 2. The molecule has 2 aromatic carbocycles. The maximum atomic E-state index is 12.9. The Labute approximate surface area is 232 Å². The van der Waals surface area contributed by atoms with Crippen LogP contribution < -0.4 is 10.9 Å². The van der Waals surface area contributed by atoms with Crippen molar-refractivity contribution < 1.29 is 4.79 Å². The van der Waals surface area contributed by atoms with Crippen molar-refractivity contribution in [1.82, 2.24) is 29.5 Å². The zero-order chi connectivity index (χ0) is 27.6. The number of carbonyl (C=O) groups excluding carboxylic acids is 1. The highest BCUT2D eigenvalue weighted by atomic mass is 16.1. The van der Waals surface area contributed by atoms with E-state index < -0.39 is 0 Å². The number of amides is 1. The second-order valence-electron chi connectivity index (χ2n) is 10.7. The molecule has 1 amide bonds. The molecule has 0 bridgehead atoms. The van der Waals surface area contributed by atoms with Crippen molar-refractivity contribution in [2.45, 2.75) is 26.1 Å². The van der Waals surface area contributed by atoms with E-state index >= 15 is 0 Å². The lowest BCUT2D eigenvalue weighted by molar-refractivity contribution is 0.100. The first kappa shape index (κ1) is 25.8. The molecule has 0 aliphatic carbocycles. The Balaban J connectivity index is 1.17. The van der Waals surface area contributed by atoms with E-state index in [4.69, 9.17) is 0 Å². The van der Waals surface area contributed by atoms with Gasteiger partial charge in [-0.15, -0.1) is 0 Å². The molecule has 1 unspecified atom stereocenters. The molecular weight excluding hydrogens is 502 g/mol. The lowest BCUT2D eigenvalue weighted by Gasteiger charge is -2.37. The third-order valence-electron chi connectivity index (χ3n) is 7.67. The Kier molecular flexibility index (Phi) is 7.06. The van der Waals surface area contributed by atoms with Crippen LogP contribution in [0.3, 0.4) is 0 Å². The number of pyridine rings is 1. The van der Waals surface area contributed by atoms with Crippen molar-refractivity contribution in [2.75, 3.05) is 32.0 Å². The molecule has 0 radical (unpaired) electrons. The van der Waals surface area contributed by atoms with Crippen LogP contribution in [0.2, 0.25) is 0 Å². The number of H-pyrrole nitrogens is 2. The predicted octanol–water partition coefficient (Wildman–Crippen LogP) is 4.16. The molecule has 1 fully saturated rings. The van der Waals surface area contributed by atoms with Crippen LogP contribution in [0.15, 0.2) is 84.0 Å². The number of nitrogens with one attached hydrogen (secondary N) is 3. The van der Waals surface area contributed by atoms with Crippen LogP contribution in [-0.4, -0.2) is 68.2 Å². The summed E-state index contributed by atoms with van der Waals surface area (Å²) in [6, 6.07) is 20.6. The number of fused-ring (bicyclic) bond motifs is 1. The van der Waals surface area contributed by atoms with Gasteiger partial charge < -0.3 is 20.2 Å². The van der Waals surface area contributed by atoms with E-state index in [1.165, 1.54) is 11.8 Å². The van der Waals surface area contributed by atoms with Gasteiger partial charge in [-0.05, 0) is 49.4 Å². The molecule has 6 rings (SSSR count). The van der Waals surface area contributed by atoms with Gasteiger partial charge in [0.2, 0.25) is 0 Å². The third-order valence-corrected chi connectivity index (χ3v) is 7.67. The summed E-state index contributed by atoms with van der Waals surface area (Å²) in [7, 11) is 2.18. The molecule has 9 nitrogen and oxygen atoms in total. The molecule has 9 heteroatoms. The molecule has 204 valence electrons. The fourth-order valence-electron chi connectivity index (χ4n) is 5.25. The zero-order valence-electron chi connectivity index (χ0n) is 22.7. The molecule has 0 saturated carbocycles. The number of benzene rings is 2. The molecule has 5 aromatic rings. The zero-order valence-corrected chi connectivity index (χ0v) is 22.7. The summed E-state index contributed by atoms with van der Waals surface area (Å²) >= 11 is 0. The number of hydrogen-bond donors (Lipinski definition) is 3. The number of piperazine rings is 1. The summed E-state index contributed by atoms with van der Waals surface area (Å²) in [5.41, 5.74) is 5.18. The number of likely N-dealkylation sites (N-methyl/N-ethyl adjacent to an activating group) is 1. The van der Waals surface area contributed by atoms with Crippen LogP contribution in [0, 0.1) is 0 Å². The van der Waals surface area contributed by atoms with E-state index in [1.807, 2.05) is 36.4 Å². The largest absolute Gasteiger partial charge is 0.354 e. The maximum absolute atomic E-state index is 12.9. The minimum absolute atomic E-state index is 0.230. The van der Waals surface area contributed by atoms with E-state index in [1.54, 1.807) is 23.1 Å². The molecule has 4 heterocycles. The van der Waals surface area contributed by atoms with Gasteiger partial charge in [0.25, 0.3) is 11.5 Å². The Morgan fingerprint density at radius 2 is 1.90 bits per heavy atom. The molecule has 1 aliphatic heterocycles. The summed E-state index contributed by atoms with van der Waals surface area (Å²) in [4.78, 5) is 36.7. The summed E-state index contributed by atoms with van der Waals surface area (Å²) in [6.07, 6.45) is 4.77. The van der Waals surface area contributed by atoms with Gasteiger partial charge in [-0.1, -0.05) is 36.4 Å². The second kappa shape index (κ2) is 11.0. The Hall–Kier alpha value is -4.47. The van der Waals surface area contributed by atoms with Gasteiger partial charge >= 0.3 is 0 Å². The third kappa shape index (κ3) is 5.61.